The number of nitrogens with one attached hydrogen (secondary N) is 1. The number of carbonyl (C=O) groups excluding carboxylic acids is 1. The fraction of sp³-hybridized carbons (Fsp3) is 0.429. The van der Waals surface area contributed by atoms with Crippen LogP contribution in [0.15, 0.2) is 42.5 Å². The molecular formula is C21H25NO4. The first-order valence-electron chi connectivity index (χ1n) is 9.17. The Bertz CT molecular complexity index is 767. The van der Waals surface area contributed by atoms with Gasteiger partial charge in [-0.2, -0.15) is 0 Å². The molecule has 2 N–H and O–H groups in total. The Morgan fingerprint density at radius 2 is 1.85 bits per heavy atom. The highest BCUT2D eigenvalue weighted by atomic mass is 16.5. The highest BCUT2D eigenvalue weighted by molar-refractivity contribution is 5.83. The lowest BCUT2D eigenvalue weighted by molar-refractivity contribution is -0.141. The van der Waals surface area contributed by atoms with Crippen LogP contribution >= 0.6 is 0 Å². The Kier molecular flexibility index (Phi) is 6.23. The molecule has 0 bridgehead atoms. The Morgan fingerprint density at radius 1 is 1.12 bits per heavy atom. The maximum atomic E-state index is 12.1. The monoisotopic (exact) mass is 355 g/mol. The van der Waals surface area contributed by atoms with Gasteiger partial charge in [0.1, 0.15) is 0 Å². The maximum absolute atomic E-state index is 12.1. The summed E-state index contributed by atoms with van der Waals surface area (Å²) in [4.78, 5) is 23.7. The fourth-order valence-corrected chi connectivity index (χ4v) is 3.42. The Morgan fingerprint density at radius 3 is 2.58 bits per heavy atom. The van der Waals surface area contributed by atoms with E-state index in [9.17, 15) is 14.7 Å². The van der Waals surface area contributed by atoms with Crippen molar-refractivity contribution in [3.05, 3.63) is 48.0 Å². The maximum Gasteiger partial charge on any atom is 0.308 e. The zero-order valence-electron chi connectivity index (χ0n) is 14.8. The SMILES string of the molecule is O=C(CC1CCOCC1)NCC(Cc1ccc2ccccc2c1)C(=O)O. The summed E-state index contributed by atoms with van der Waals surface area (Å²) in [5, 5.41) is 14.5. The molecule has 5 nitrogen and oxygen atoms in total. The third-order valence-electron chi connectivity index (χ3n) is 5.01. The van der Waals surface area contributed by atoms with E-state index in [0.717, 1.165) is 29.2 Å². The topological polar surface area (TPSA) is 75.6 Å². The van der Waals surface area contributed by atoms with E-state index in [1.807, 2.05) is 42.5 Å². The van der Waals surface area contributed by atoms with Crippen LogP contribution < -0.4 is 5.32 Å². The van der Waals surface area contributed by atoms with E-state index >= 15 is 0 Å². The second-order valence-corrected chi connectivity index (χ2v) is 6.98. The van der Waals surface area contributed by atoms with Crippen molar-refractivity contribution in [1.29, 1.82) is 0 Å². The average molecular weight is 355 g/mol. The second-order valence-electron chi connectivity index (χ2n) is 6.98. The van der Waals surface area contributed by atoms with Crippen molar-refractivity contribution in [2.45, 2.75) is 25.7 Å². The average Bonchev–Trinajstić information content (AvgIpc) is 2.65. The van der Waals surface area contributed by atoms with Gasteiger partial charge in [0.2, 0.25) is 5.91 Å². The van der Waals surface area contributed by atoms with Crippen molar-refractivity contribution >= 4 is 22.6 Å². The normalized spacial score (nSPS) is 16.3. The molecule has 1 amide bonds. The van der Waals surface area contributed by atoms with Gasteiger partial charge in [-0.05, 0) is 41.5 Å². The van der Waals surface area contributed by atoms with Crippen molar-refractivity contribution in [1.82, 2.24) is 5.32 Å². The van der Waals surface area contributed by atoms with Crippen molar-refractivity contribution in [3.63, 3.8) is 0 Å². The number of amides is 1. The molecule has 3 rings (SSSR count). The number of benzene rings is 2. The molecule has 1 atom stereocenters. The summed E-state index contributed by atoms with van der Waals surface area (Å²) in [6.45, 7) is 1.57. The molecule has 0 aliphatic carbocycles. The van der Waals surface area contributed by atoms with Gasteiger partial charge in [0, 0.05) is 26.2 Å². The van der Waals surface area contributed by atoms with E-state index in [2.05, 4.69) is 5.32 Å². The number of aliphatic carboxylic acids is 1. The lowest BCUT2D eigenvalue weighted by Crippen LogP contribution is -2.35. The van der Waals surface area contributed by atoms with Crippen LogP contribution in [0.2, 0.25) is 0 Å². The molecule has 26 heavy (non-hydrogen) atoms. The van der Waals surface area contributed by atoms with Gasteiger partial charge in [-0.15, -0.1) is 0 Å². The molecule has 1 unspecified atom stereocenters. The predicted molar refractivity (Wildman–Crippen MR) is 99.9 cm³/mol. The highest BCUT2D eigenvalue weighted by Crippen LogP contribution is 2.19. The minimum absolute atomic E-state index is 0.0679. The van der Waals surface area contributed by atoms with Gasteiger partial charge in [0.05, 0.1) is 5.92 Å². The van der Waals surface area contributed by atoms with Crippen LogP contribution in [0.3, 0.4) is 0 Å². The summed E-state index contributed by atoms with van der Waals surface area (Å²) >= 11 is 0. The summed E-state index contributed by atoms with van der Waals surface area (Å²) in [7, 11) is 0. The van der Waals surface area contributed by atoms with Crippen LogP contribution in [0.1, 0.15) is 24.8 Å². The number of hydrogen-bond donors (Lipinski definition) is 2. The molecule has 2 aromatic carbocycles. The quantitative estimate of drug-likeness (QED) is 0.800. The molecule has 138 valence electrons. The second kappa shape index (κ2) is 8.81. The van der Waals surface area contributed by atoms with Crippen molar-refractivity contribution in [2.75, 3.05) is 19.8 Å². The zero-order chi connectivity index (χ0) is 18.4. The first-order chi connectivity index (χ1) is 12.6. The molecule has 0 aromatic heterocycles. The third kappa shape index (κ3) is 5.05. The number of hydrogen-bond acceptors (Lipinski definition) is 3. The Labute approximate surface area is 153 Å². The molecule has 1 heterocycles. The highest BCUT2D eigenvalue weighted by Gasteiger charge is 2.21. The van der Waals surface area contributed by atoms with Gasteiger partial charge in [0.25, 0.3) is 0 Å². The van der Waals surface area contributed by atoms with E-state index in [1.54, 1.807) is 0 Å². The van der Waals surface area contributed by atoms with Crippen molar-refractivity contribution in [2.24, 2.45) is 11.8 Å². The minimum atomic E-state index is -0.885. The van der Waals surface area contributed by atoms with Gasteiger partial charge in [-0.25, -0.2) is 0 Å². The molecule has 0 radical (unpaired) electrons. The molecule has 2 aromatic rings. The first-order valence-corrected chi connectivity index (χ1v) is 9.17. The number of ether oxygens (including phenoxy) is 1. The fourth-order valence-electron chi connectivity index (χ4n) is 3.42. The van der Waals surface area contributed by atoms with Crippen LogP contribution in [0.5, 0.6) is 0 Å². The summed E-state index contributed by atoms with van der Waals surface area (Å²) in [6, 6.07) is 14.0. The number of carboxylic acids is 1. The number of carbonyl (C=O) groups is 2. The predicted octanol–water partition coefficient (Wildman–Crippen LogP) is 3.02. The molecule has 1 fully saturated rings. The molecule has 5 heteroatoms. The summed E-state index contributed by atoms with van der Waals surface area (Å²) in [5.41, 5.74) is 0.967. The van der Waals surface area contributed by atoms with E-state index in [1.165, 1.54) is 0 Å². The number of rotatable bonds is 7. The van der Waals surface area contributed by atoms with Gasteiger partial charge in [-0.1, -0.05) is 42.5 Å². The van der Waals surface area contributed by atoms with Crippen LogP contribution in [0.25, 0.3) is 10.8 Å². The standard InChI is InChI=1S/C21H25NO4/c23-20(13-15-7-9-26-10-8-15)22-14-19(21(24)25)12-16-5-6-17-3-1-2-4-18(17)11-16/h1-6,11,15,19H,7-10,12-14H2,(H,22,23)(H,24,25). The molecule has 1 saturated heterocycles. The van der Waals surface area contributed by atoms with E-state index in [0.29, 0.717) is 32.0 Å². The minimum Gasteiger partial charge on any atom is -0.481 e. The summed E-state index contributed by atoms with van der Waals surface area (Å²) in [5.74, 6) is -1.24. The summed E-state index contributed by atoms with van der Waals surface area (Å²) < 4.78 is 5.30. The van der Waals surface area contributed by atoms with Crippen LogP contribution in [-0.4, -0.2) is 36.7 Å². The van der Waals surface area contributed by atoms with Gasteiger partial charge in [0.15, 0.2) is 0 Å². The molecule has 0 spiro atoms. The lowest BCUT2D eigenvalue weighted by atomic mass is 9.95. The van der Waals surface area contributed by atoms with E-state index in [4.69, 9.17) is 4.74 Å². The molecule has 1 aliphatic rings. The largest absolute Gasteiger partial charge is 0.481 e. The lowest BCUT2D eigenvalue weighted by Gasteiger charge is -2.22. The molecule has 0 saturated carbocycles. The number of carboxylic acid groups (broad SMARTS) is 1. The molecular weight excluding hydrogens is 330 g/mol. The Hall–Kier alpha value is -2.40. The van der Waals surface area contributed by atoms with Gasteiger partial charge >= 0.3 is 5.97 Å². The summed E-state index contributed by atoms with van der Waals surface area (Å²) in [6.07, 6.45) is 2.64. The Balaban J connectivity index is 1.56. The number of fused-ring (bicyclic) bond motifs is 1. The zero-order valence-corrected chi connectivity index (χ0v) is 14.8. The van der Waals surface area contributed by atoms with Gasteiger partial charge < -0.3 is 15.2 Å². The van der Waals surface area contributed by atoms with Crippen molar-refractivity contribution in [3.8, 4) is 0 Å². The molecule has 1 aliphatic heterocycles. The van der Waals surface area contributed by atoms with E-state index < -0.39 is 11.9 Å². The smallest absolute Gasteiger partial charge is 0.308 e. The van der Waals surface area contributed by atoms with Crippen LogP contribution in [0, 0.1) is 11.8 Å². The van der Waals surface area contributed by atoms with E-state index in [-0.39, 0.29) is 12.5 Å². The van der Waals surface area contributed by atoms with Crippen LogP contribution in [-0.2, 0) is 20.7 Å². The first kappa shape index (κ1) is 18.4. The third-order valence-corrected chi connectivity index (χ3v) is 5.01. The van der Waals surface area contributed by atoms with Gasteiger partial charge in [-0.3, -0.25) is 9.59 Å². The van der Waals surface area contributed by atoms with Crippen molar-refractivity contribution < 1.29 is 19.4 Å². The van der Waals surface area contributed by atoms with Crippen LogP contribution in [0.4, 0.5) is 0 Å².